The van der Waals surface area contributed by atoms with Crippen molar-refractivity contribution in [1.82, 2.24) is 15.1 Å². The number of amides is 3. The van der Waals surface area contributed by atoms with Crippen LogP contribution in [0.2, 0.25) is 0 Å². The summed E-state index contributed by atoms with van der Waals surface area (Å²) in [5.41, 5.74) is 1.91. The van der Waals surface area contributed by atoms with Gasteiger partial charge in [0, 0.05) is 31.6 Å². The van der Waals surface area contributed by atoms with Crippen molar-refractivity contribution in [1.29, 1.82) is 0 Å². The highest BCUT2D eigenvalue weighted by molar-refractivity contribution is 6.01. The lowest BCUT2D eigenvalue weighted by molar-refractivity contribution is 0.0343. The first-order valence-electron chi connectivity index (χ1n) is 14.7. The molecule has 2 aromatic rings. The third-order valence-corrected chi connectivity index (χ3v) is 8.26. The molecule has 5 rings (SSSR count). The van der Waals surface area contributed by atoms with E-state index in [1.165, 1.54) is 6.42 Å². The molecule has 41 heavy (non-hydrogen) atoms. The fourth-order valence-electron chi connectivity index (χ4n) is 5.87. The minimum absolute atomic E-state index is 0.0515. The lowest BCUT2D eigenvalue weighted by Crippen LogP contribution is -2.50. The van der Waals surface area contributed by atoms with Crippen molar-refractivity contribution < 1.29 is 28.9 Å². The van der Waals surface area contributed by atoms with Gasteiger partial charge in [-0.3, -0.25) is 9.69 Å². The Morgan fingerprint density at radius 3 is 2.71 bits per heavy atom. The average Bonchev–Trinajstić information content (AvgIpc) is 3.43. The molecule has 1 saturated carbocycles. The van der Waals surface area contributed by atoms with Crippen LogP contribution in [0.3, 0.4) is 0 Å². The van der Waals surface area contributed by atoms with Crippen LogP contribution >= 0.6 is 0 Å². The molecular formula is C31H42N4O6. The summed E-state index contributed by atoms with van der Waals surface area (Å²) in [5, 5.41) is 16.0. The Morgan fingerprint density at radius 1 is 1.15 bits per heavy atom. The van der Waals surface area contributed by atoms with Gasteiger partial charge in [0.15, 0.2) is 17.2 Å². The van der Waals surface area contributed by atoms with Crippen molar-refractivity contribution in [3.05, 3.63) is 47.5 Å². The van der Waals surface area contributed by atoms with Gasteiger partial charge < -0.3 is 34.9 Å². The predicted molar refractivity (Wildman–Crippen MR) is 156 cm³/mol. The molecule has 0 bridgehead atoms. The fourth-order valence-corrected chi connectivity index (χ4v) is 5.87. The molecular weight excluding hydrogens is 524 g/mol. The largest absolute Gasteiger partial charge is 0.486 e. The highest BCUT2D eigenvalue weighted by atomic mass is 16.7. The van der Waals surface area contributed by atoms with E-state index >= 15 is 0 Å². The Hall–Kier alpha value is -3.50. The first-order chi connectivity index (χ1) is 19.8. The van der Waals surface area contributed by atoms with Crippen molar-refractivity contribution in [3.63, 3.8) is 0 Å². The van der Waals surface area contributed by atoms with Gasteiger partial charge in [-0.15, -0.1) is 0 Å². The van der Waals surface area contributed by atoms with Crippen LogP contribution in [0.5, 0.6) is 17.2 Å². The average molecular weight is 567 g/mol. The summed E-state index contributed by atoms with van der Waals surface area (Å²) in [6.07, 6.45) is 5.08. The number of fused-ring (bicyclic) bond motifs is 2. The quantitative estimate of drug-likeness (QED) is 0.439. The molecule has 2 heterocycles. The van der Waals surface area contributed by atoms with Crippen molar-refractivity contribution in [2.75, 3.05) is 38.9 Å². The first-order valence-corrected chi connectivity index (χ1v) is 14.7. The van der Waals surface area contributed by atoms with Crippen LogP contribution in [0.15, 0.2) is 36.4 Å². The maximum Gasteiger partial charge on any atom is 0.319 e. The number of hydrogen-bond donors (Lipinski definition) is 3. The van der Waals surface area contributed by atoms with Crippen LogP contribution in [0.25, 0.3) is 0 Å². The number of rotatable bonds is 8. The molecule has 0 spiro atoms. The zero-order chi connectivity index (χ0) is 28.9. The van der Waals surface area contributed by atoms with Gasteiger partial charge in [0.25, 0.3) is 5.91 Å². The lowest BCUT2D eigenvalue weighted by Gasteiger charge is -2.38. The van der Waals surface area contributed by atoms with E-state index in [1.807, 2.05) is 32.2 Å². The second kappa shape index (κ2) is 13.0. The molecule has 0 radical (unpaired) electrons. The van der Waals surface area contributed by atoms with E-state index in [0.29, 0.717) is 36.6 Å². The molecule has 10 heteroatoms. The number of carbonyl (C=O) groups excluding carboxylic acids is 2. The summed E-state index contributed by atoms with van der Waals surface area (Å²) in [6.45, 7) is 5.65. The molecule has 3 N–H and O–H groups in total. The number of ether oxygens (including phenoxy) is 3. The first kappa shape index (κ1) is 29.0. The van der Waals surface area contributed by atoms with Crippen molar-refractivity contribution in [2.45, 2.75) is 70.7 Å². The van der Waals surface area contributed by atoms with Gasteiger partial charge in [0.05, 0.1) is 23.9 Å². The van der Waals surface area contributed by atoms with Crippen LogP contribution in [0.1, 0.15) is 61.9 Å². The Kier molecular flexibility index (Phi) is 9.19. The predicted octanol–water partition coefficient (Wildman–Crippen LogP) is 4.22. The Balaban J connectivity index is 1.38. The number of carbonyl (C=O) groups is 2. The number of para-hydroxylation sites is 1. The minimum Gasteiger partial charge on any atom is -0.486 e. The smallest absolute Gasteiger partial charge is 0.319 e. The van der Waals surface area contributed by atoms with E-state index in [1.54, 1.807) is 23.1 Å². The molecule has 3 aliphatic rings. The van der Waals surface area contributed by atoms with Gasteiger partial charge in [-0.1, -0.05) is 38.3 Å². The maximum atomic E-state index is 13.7. The van der Waals surface area contributed by atoms with Crippen LogP contribution in [0.4, 0.5) is 10.5 Å². The number of aliphatic hydroxyl groups excluding tert-OH is 1. The van der Waals surface area contributed by atoms with Gasteiger partial charge in [0.2, 0.25) is 6.79 Å². The van der Waals surface area contributed by atoms with Crippen LogP contribution in [-0.2, 0) is 6.54 Å². The normalized spacial score (nSPS) is 21.5. The van der Waals surface area contributed by atoms with Crippen molar-refractivity contribution in [3.8, 4) is 17.2 Å². The summed E-state index contributed by atoms with van der Waals surface area (Å²) >= 11 is 0. The highest BCUT2D eigenvalue weighted by Crippen LogP contribution is 2.36. The Bertz CT molecular complexity index is 1230. The number of nitrogens with one attached hydrogen (secondary N) is 2. The van der Waals surface area contributed by atoms with Crippen LogP contribution < -0.4 is 24.8 Å². The molecule has 1 fully saturated rings. The van der Waals surface area contributed by atoms with Gasteiger partial charge in [0.1, 0.15) is 6.10 Å². The van der Waals surface area contributed by atoms with Gasteiger partial charge in [-0.2, -0.15) is 0 Å². The molecule has 10 nitrogen and oxygen atoms in total. The molecule has 3 atom stereocenters. The van der Waals surface area contributed by atoms with Crippen LogP contribution in [-0.4, -0.2) is 78.6 Å². The molecule has 0 aromatic heterocycles. The molecule has 0 unspecified atom stereocenters. The Morgan fingerprint density at radius 2 is 1.93 bits per heavy atom. The van der Waals surface area contributed by atoms with E-state index in [4.69, 9.17) is 14.2 Å². The number of anilines is 1. The summed E-state index contributed by atoms with van der Waals surface area (Å²) in [7, 11) is 2.03. The monoisotopic (exact) mass is 566 g/mol. The second-order valence-corrected chi connectivity index (χ2v) is 11.6. The lowest BCUT2D eigenvalue weighted by atomic mass is 9.96. The number of benzene rings is 2. The van der Waals surface area contributed by atoms with E-state index < -0.39 is 0 Å². The van der Waals surface area contributed by atoms with E-state index in [9.17, 15) is 14.7 Å². The molecule has 2 aromatic carbocycles. The SMILES string of the molecule is C[C@H](CO)N1C[C@H](C)[C@@H](CN(C)Cc2ccc3c(c2)OCO3)Oc2c(NC(=O)NC3CCCCC3)cccc2C1=O. The zero-order valence-electron chi connectivity index (χ0n) is 24.2. The minimum atomic E-state index is -0.367. The van der Waals surface area contributed by atoms with Gasteiger partial charge in [-0.05, 0) is 56.6 Å². The van der Waals surface area contributed by atoms with Crippen molar-refractivity contribution >= 4 is 17.6 Å². The molecule has 222 valence electrons. The fraction of sp³-hybridized carbons (Fsp3) is 0.548. The molecule has 2 aliphatic heterocycles. The summed E-state index contributed by atoms with van der Waals surface area (Å²) in [6, 6.07) is 10.7. The van der Waals surface area contributed by atoms with E-state index in [2.05, 4.69) is 22.5 Å². The number of nitrogens with zero attached hydrogens (tertiary/aromatic N) is 2. The highest BCUT2D eigenvalue weighted by Gasteiger charge is 2.35. The third-order valence-electron chi connectivity index (χ3n) is 8.26. The molecule has 0 saturated heterocycles. The summed E-state index contributed by atoms with van der Waals surface area (Å²) < 4.78 is 17.6. The van der Waals surface area contributed by atoms with Crippen LogP contribution in [0, 0.1) is 5.92 Å². The standard InChI is InChI=1S/C31H42N4O6/c1-20-15-35(21(2)18-36)30(37)24-10-7-11-25(33-31(38)32-23-8-5-4-6-9-23)29(24)41-28(20)17-34(3)16-22-12-13-26-27(14-22)40-19-39-26/h7,10-14,20-21,23,28,36H,4-6,8-9,15-19H2,1-3H3,(H2,32,33,38)/t20-,21+,28+/m0/s1. The molecule has 3 amide bonds. The van der Waals surface area contributed by atoms with Gasteiger partial charge >= 0.3 is 6.03 Å². The summed E-state index contributed by atoms with van der Waals surface area (Å²) in [4.78, 5) is 30.6. The Labute approximate surface area is 241 Å². The number of hydrogen-bond acceptors (Lipinski definition) is 7. The molecule has 1 aliphatic carbocycles. The summed E-state index contributed by atoms with van der Waals surface area (Å²) in [5.74, 6) is 1.58. The topological polar surface area (TPSA) is 113 Å². The zero-order valence-corrected chi connectivity index (χ0v) is 24.2. The van der Waals surface area contributed by atoms with E-state index in [-0.39, 0.29) is 49.4 Å². The van der Waals surface area contributed by atoms with Gasteiger partial charge in [-0.25, -0.2) is 4.79 Å². The second-order valence-electron chi connectivity index (χ2n) is 11.6. The maximum absolute atomic E-state index is 13.7. The van der Waals surface area contributed by atoms with Crippen molar-refractivity contribution in [2.24, 2.45) is 5.92 Å². The third kappa shape index (κ3) is 6.87. The number of aliphatic hydroxyl groups is 1. The number of urea groups is 1. The number of likely N-dealkylation sites (N-methyl/N-ethyl adjacent to an activating group) is 1. The van der Waals surface area contributed by atoms with E-state index in [0.717, 1.165) is 42.7 Å².